The molecule has 2 heterocycles. The summed E-state index contributed by atoms with van der Waals surface area (Å²) >= 11 is 0. The van der Waals surface area contributed by atoms with Gasteiger partial charge in [0, 0.05) is 23.5 Å². The Hall–Kier alpha value is -3.80. The summed E-state index contributed by atoms with van der Waals surface area (Å²) in [5, 5.41) is 8.18. The number of aromatic nitrogens is 4. The van der Waals surface area contributed by atoms with Crippen molar-refractivity contribution in [3.8, 4) is 34.1 Å². The summed E-state index contributed by atoms with van der Waals surface area (Å²) < 4.78 is 5.75. The summed E-state index contributed by atoms with van der Waals surface area (Å²) in [6.07, 6.45) is 3.28. The van der Waals surface area contributed by atoms with Gasteiger partial charge in [0.25, 0.3) is 5.56 Å². The molecule has 4 aromatic rings. The number of aromatic amines is 1. The second-order valence-electron chi connectivity index (χ2n) is 5.53. The van der Waals surface area contributed by atoms with Crippen LogP contribution < -0.4 is 10.3 Å². The molecule has 26 heavy (non-hydrogen) atoms. The summed E-state index contributed by atoms with van der Waals surface area (Å²) in [4.78, 5) is 19.1. The number of nitrogens with zero attached hydrogens (tertiary/aromatic N) is 3. The number of para-hydroxylation sites is 1. The normalized spacial score (nSPS) is 10.5. The first-order chi connectivity index (χ1) is 12.8. The van der Waals surface area contributed by atoms with Crippen molar-refractivity contribution in [3.05, 3.63) is 89.5 Å². The number of rotatable bonds is 4. The van der Waals surface area contributed by atoms with Crippen molar-refractivity contribution in [1.82, 2.24) is 20.2 Å². The summed E-state index contributed by atoms with van der Waals surface area (Å²) in [5.41, 5.74) is 1.31. The Morgan fingerprint density at radius 3 is 2.23 bits per heavy atom. The van der Waals surface area contributed by atoms with Gasteiger partial charge >= 0.3 is 0 Å². The molecule has 2 aromatic heterocycles. The van der Waals surface area contributed by atoms with Crippen LogP contribution in [-0.2, 0) is 0 Å². The fourth-order valence-electron chi connectivity index (χ4n) is 2.46. The van der Waals surface area contributed by atoms with Gasteiger partial charge in [0.15, 0.2) is 11.5 Å². The molecule has 0 fully saturated rings. The van der Waals surface area contributed by atoms with Crippen molar-refractivity contribution < 1.29 is 4.74 Å². The molecule has 0 unspecified atom stereocenters. The molecular weight excluding hydrogens is 328 g/mol. The first-order valence-corrected chi connectivity index (χ1v) is 8.00. The Bertz CT molecular complexity index is 1060. The molecule has 0 saturated carbocycles. The van der Waals surface area contributed by atoms with E-state index in [2.05, 4.69) is 20.2 Å². The zero-order chi connectivity index (χ0) is 17.8. The topological polar surface area (TPSA) is 80.8 Å². The van der Waals surface area contributed by atoms with Gasteiger partial charge in [-0.1, -0.05) is 18.2 Å². The van der Waals surface area contributed by atoms with E-state index in [9.17, 15) is 4.79 Å². The Morgan fingerprint density at radius 1 is 0.769 bits per heavy atom. The maximum atomic E-state index is 12.4. The second kappa shape index (κ2) is 6.98. The van der Waals surface area contributed by atoms with E-state index >= 15 is 0 Å². The zero-order valence-corrected chi connectivity index (χ0v) is 13.7. The van der Waals surface area contributed by atoms with E-state index in [4.69, 9.17) is 4.74 Å². The number of H-pyrrole nitrogens is 1. The van der Waals surface area contributed by atoms with Crippen molar-refractivity contribution in [2.45, 2.75) is 0 Å². The van der Waals surface area contributed by atoms with Crippen LogP contribution in [0, 0.1) is 0 Å². The number of nitrogens with one attached hydrogen (secondary N) is 1. The van der Waals surface area contributed by atoms with Crippen LogP contribution in [0.2, 0.25) is 0 Å². The molecule has 0 aliphatic rings. The van der Waals surface area contributed by atoms with E-state index < -0.39 is 0 Å². The van der Waals surface area contributed by atoms with Gasteiger partial charge in [-0.15, -0.1) is 10.2 Å². The molecule has 0 radical (unpaired) electrons. The third-order valence-corrected chi connectivity index (χ3v) is 3.74. The van der Waals surface area contributed by atoms with Gasteiger partial charge in [0.2, 0.25) is 0 Å². The van der Waals surface area contributed by atoms with Crippen LogP contribution in [-0.4, -0.2) is 20.2 Å². The highest BCUT2D eigenvalue weighted by atomic mass is 16.5. The molecule has 2 aromatic carbocycles. The van der Waals surface area contributed by atoms with Crippen LogP contribution in [0.25, 0.3) is 22.6 Å². The van der Waals surface area contributed by atoms with Crippen molar-refractivity contribution in [1.29, 1.82) is 0 Å². The Labute approximate surface area is 149 Å². The van der Waals surface area contributed by atoms with Crippen molar-refractivity contribution in [2.75, 3.05) is 0 Å². The van der Waals surface area contributed by atoms with Gasteiger partial charge in [-0.05, 0) is 48.5 Å². The highest BCUT2D eigenvalue weighted by Gasteiger charge is 2.09. The van der Waals surface area contributed by atoms with Crippen LogP contribution in [0.3, 0.4) is 0 Å². The third kappa shape index (κ3) is 3.34. The van der Waals surface area contributed by atoms with Gasteiger partial charge in [-0.3, -0.25) is 9.78 Å². The minimum absolute atomic E-state index is 0.254. The van der Waals surface area contributed by atoms with Gasteiger partial charge in [-0.25, -0.2) is 0 Å². The van der Waals surface area contributed by atoms with Crippen LogP contribution >= 0.6 is 0 Å². The Kier molecular flexibility index (Phi) is 4.22. The number of hydrogen-bond acceptors (Lipinski definition) is 5. The smallest absolute Gasteiger partial charge is 0.278 e. The molecule has 6 nitrogen and oxygen atoms in total. The maximum Gasteiger partial charge on any atom is 0.278 e. The Morgan fingerprint density at radius 2 is 1.54 bits per heavy atom. The SMILES string of the molecule is O=c1[nH]c(-c2cccnc2)nnc1-c1ccc(Oc2ccccc2)cc1. The predicted octanol–water partition coefficient (Wildman–Crippen LogP) is 3.69. The van der Waals surface area contributed by atoms with Crippen molar-refractivity contribution >= 4 is 0 Å². The molecule has 0 amide bonds. The molecule has 0 spiro atoms. The Balaban J connectivity index is 1.59. The predicted molar refractivity (Wildman–Crippen MR) is 97.8 cm³/mol. The molecule has 6 heteroatoms. The number of ether oxygens (including phenoxy) is 1. The minimum Gasteiger partial charge on any atom is -0.457 e. The molecule has 1 N–H and O–H groups in total. The van der Waals surface area contributed by atoms with Crippen LogP contribution in [0.1, 0.15) is 0 Å². The summed E-state index contributed by atoms with van der Waals surface area (Å²) in [5.74, 6) is 1.81. The lowest BCUT2D eigenvalue weighted by Crippen LogP contribution is -2.14. The highest BCUT2D eigenvalue weighted by molar-refractivity contribution is 5.60. The maximum absolute atomic E-state index is 12.4. The summed E-state index contributed by atoms with van der Waals surface area (Å²) in [6, 6.07) is 20.2. The highest BCUT2D eigenvalue weighted by Crippen LogP contribution is 2.23. The standard InChI is InChI=1S/C20H14N4O2/c25-20-18(23-24-19(22-20)15-5-4-12-21-13-15)14-8-10-17(11-9-14)26-16-6-2-1-3-7-16/h1-13H,(H,22,24,25). The van der Waals surface area contributed by atoms with Crippen molar-refractivity contribution in [3.63, 3.8) is 0 Å². The largest absolute Gasteiger partial charge is 0.457 e. The number of pyridine rings is 1. The first kappa shape index (κ1) is 15.7. The molecule has 0 atom stereocenters. The molecule has 0 aliphatic carbocycles. The lowest BCUT2D eigenvalue weighted by atomic mass is 10.1. The molecule has 0 bridgehead atoms. The third-order valence-electron chi connectivity index (χ3n) is 3.74. The average Bonchev–Trinajstić information content (AvgIpc) is 2.70. The van der Waals surface area contributed by atoms with Gasteiger partial charge < -0.3 is 9.72 Å². The second-order valence-corrected chi connectivity index (χ2v) is 5.53. The van der Waals surface area contributed by atoms with E-state index in [1.807, 2.05) is 36.4 Å². The number of hydrogen-bond donors (Lipinski definition) is 1. The van der Waals surface area contributed by atoms with Gasteiger partial charge in [-0.2, -0.15) is 0 Å². The van der Waals surface area contributed by atoms with Crippen molar-refractivity contribution in [2.24, 2.45) is 0 Å². The van der Waals surface area contributed by atoms with E-state index in [-0.39, 0.29) is 11.3 Å². The molecular formula is C20H14N4O2. The fraction of sp³-hybridized carbons (Fsp3) is 0. The molecule has 126 valence electrons. The first-order valence-electron chi connectivity index (χ1n) is 8.00. The van der Waals surface area contributed by atoms with E-state index in [1.54, 1.807) is 42.7 Å². The van der Waals surface area contributed by atoms with Crippen LogP contribution in [0.4, 0.5) is 0 Å². The van der Waals surface area contributed by atoms with E-state index in [1.165, 1.54) is 0 Å². The number of benzene rings is 2. The fourth-order valence-corrected chi connectivity index (χ4v) is 2.46. The summed E-state index contributed by atoms with van der Waals surface area (Å²) in [6.45, 7) is 0. The monoisotopic (exact) mass is 342 g/mol. The molecule has 4 rings (SSSR count). The van der Waals surface area contributed by atoms with Crippen LogP contribution in [0.15, 0.2) is 83.9 Å². The van der Waals surface area contributed by atoms with E-state index in [0.717, 1.165) is 5.75 Å². The zero-order valence-electron chi connectivity index (χ0n) is 13.7. The van der Waals surface area contributed by atoms with E-state index in [0.29, 0.717) is 22.7 Å². The molecule has 0 aliphatic heterocycles. The van der Waals surface area contributed by atoms with Crippen LogP contribution in [0.5, 0.6) is 11.5 Å². The quantitative estimate of drug-likeness (QED) is 0.612. The minimum atomic E-state index is -0.310. The summed E-state index contributed by atoms with van der Waals surface area (Å²) in [7, 11) is 0. The lowest BCUT2D eigenvalue weighted by molar-refractivity contribution is 0.483. The van der Waals surface area contributed by atoms with Gasteiger partial charge in [0.05, 0.1) is 0 Å². The lowest BCUT2D eigenvalue weighted by Gasteiger charge is -2.06. The average molecular weight is 342 g/mol. The molecule has 0 saturated heterocycles. The van der Waals surface area contributed by atoms with Gasteiger partial charge in [0.1, 0.15) is 11.5 Å².